The summed E-state index contributed by atoms with van der Waals surface area (Å²) in [5.41, 5.74) is 0. The van der Waals surface area contributed by atoms with E-state index in [1.54, 1.807) is 0 Å². The second kappa shape index (κ2) is 4.77. The average Bonchev–Trinajstić information content (AvgIpc) is 2.09. The molecule has 0 radical (unpaired) electrons. The average molecular weight is 258 g/mol. The molecule has 1 aromatic heterocycles. The predicted octanol–water partition coefficient (Wildman–Crippen LogP) is 2.67. The normalized spacial score (nSPS) is 10.0. The SMILES string of the molecule is O=C(Cl)COc1nc(F)c(Cl)cc1Cl. The minimum absolute atomic E-state index is 0.00863. The molecule has 1 aromatic rings. The van der Waals surface area contributed by atoms with Gasteiger partial charge < -0.3 is 4.74 Å². The van der Waals surface area contributed by atoms with Crippen molar-refractivity contribution < 1.29 is 13.9 Å². The Kier molecular flexibility index (Phi) is 3.92. The Morgan fingerprint density at radius 1 is 1.50 bits per heavy atom. The van der Waals surface area contributed by atoms with Crippen molar-refractivity contribution >= 4 is 40.0 Å². The first kappa shape index (κ1) is 11.5. The summed E-state index contributed by atoms with van der Waals surface area (Å²) in [6.07, 6.45) is 0. The number of ether oxygens (including phenoxy) is 1. The van der Waals surface area contributed by atoms with E-state index in [2.05, 4.69) is 4.98 Å². The number of pyridine rings is 1. The maximum atomic E-state index is 12.8. The molecule has 7 heteroatoms. The van der Waals surface area contributed by atoms with Crippen molar-refractivity contribution in [2.75, 3.05) is 6.61 Å². The zero-order valence-electron chi connectivity index (χ0n) is 6.56. The summed E-state index contributed by atoms with van der Waals surface area (Å²) in [7, 11) is 0. The zero-order chi connectivity index (χ0) is 10.7. The topological polar surface area (TPSA) is 39.2 Å². The molecule has 14 heavy (non-hydrogen) atoms. The third-order valence-electron chi connectivity index (χ3n) is 1.18. The predicted molar refractivity (Wildman–Crippen MR) is 50.6 cm³/mol. The summed E-state index contributed by atoms with van der Waals surface area (Å²) in [6, 6.07) is 1.12. The Morgan fingerprint density at radius 2 is 2.14 bits per heavy atom. The molecular formula is C7H3Cl3FNO2. The van der Waals surface area contributed by atoms with Crippen LogP contribution in [-0.4, -0.2) is 16.8 Å². The lowest BCUT2D eigenvalue weighted by Gasteiger charge is -2.04. The minimum atomic E-state index is -0.923. The number of rotatable bonds is 3. The van der Waals surface area contributed by atoms with Gasteiger partial charge in [0.05, 0.1) is 5.02 Å². The van der Waals surface area contributed by atoms with Crippen LogP contribution in [-0.2, 0) is 4.79 Å². The van der Waals surface area contributed by atoms with Gasteiger partial charge in [0.25, 0.3) is 5.24 Å². The van der Waals surface area contributed by atoms with Crippen LogP contribution in [0.5, 0.6) is 5.88 Å². The molecule has 1 heterocycles. The lowest BCUT2D eigenvalue weighted by atomic mass is 10.5. The Labute approximate surface area is 93.7 Å². The first-order valence-corrected chi connectivity index (χ1v) is 4.46. The molecule has 0 aliphatic rings. The van der Waals surface area contributed by atoms with E-state index in [4.69, 9.17) is 39.5 Å². The number of nitrogens with zero attached hydrogens (tertiary/aromatic N) is 1. The first-order valence-electron chi connectivity index (χ1n) is 3.33. The van der Waals surface area contributed by atoms with Gasteiger partial charge in [-0.05, 0) is 17.7 Å². The zero-order valence-corrected chi connectivity index (χ0v) is 8.83. The van der Waals surface area contributed by atoms with Gasteiger partial charge in [-0.15, -0.1) is 0 Å². The van der Waals surface area contributed by atoms with Crippen molar-refractivity contribution in [3.8, 4) is 5.88 Å². The van der Waals surface area contributed by atoms with Crippen LogP contribution in [0.2, 0.25) is 10.0 Å². The van der Waals surface area contributed by atoms with Crippen LogP contribution in [0.25, 0.3) is 0 Å². The van der Waals surface area contributed by atoms with Gasteiger partial charge in [0.1, 0.15) is 5.02 Å². The summed E-state index contributed by atoms with van der Waals surface area (Å²) < 4.78 is 17.5. The standard InChI is InChI=1S/C7H3Cl3FNO2/c8-3-1-4(9)7(12-6(3)11)14-2-5(10)13/h1H,2H2. The highest BCUT2D eigenvalue weighted by molar-refractivity contribution is 6.63. The third kappa shape index (κ3) is 2.97. The molecule has 0 aliphatic heterocycles. The van der Waals surface area contributed by atoms with E-state index in [9.17, 15) is 9.18 Å². The molecule has 3 nitrogen and oxygen atoms in total. The molecule has 0 saturated heterocycles. The molecule has 0 fully saturated rings. The number of aromatic nitrogens is 1. The molecule has 0 aliphatic carbocycles. The van der Waals surface area contributed by atoms with Gasteiger partial charge in [0.15, 0.2) is 6.61 Å². The number of halogens is 4. The van der Waals surface area contributed by atoms with Gasteiger partial charge in [0, 0.05) is 0 Å². The Balaban J connectivity index is 2.87. The highest BCUT2D eigenvalue weighted by atomic mass is 35.5. The van der Waals surface area contributed by atoms with Gasteiger partial charge in [-0.1, -0.05) is 23.2 Å². The van der Waals surface area contributed by atoms with Crippen molar-refractivity contribution in [3.63, 3.8) is 0 Å². The second-order valence-electron chi connectivity index (χ2n) is 2.19. The first-order chi connectivity index (χ1) is 6.50. The van der Waals surface area contributed by atoms with Crippen molar-refractivity contribution in [2.24, 2.45) is 0 Å². The van der Waals surface area contributed by atoms with Crippen molar-refractivity contribution in [2.45, 2.75) is 0 Å². The Morgan fingerprint density at radius 3 is 2.71 bits per heavy atom. The highest BCUT2D eigenvalue weighted by Crippen LogP contribution is 2.26. The molecule has 0 bridgehead atoms. The monoisotopic (exact) mass is 257 g/mol. The Hall–Kier alpha value is -0.580. The Bertz CT molecular complexity index is 372. The van der Waals surface area contributed by atoms with Gasteiger partial charge >= 0.3 is 0 Å². The molecule has 0 N–H and O–H groups in total. The van der Waals surface area contributed by atoms with Crippen LogP contribution in [0.3, 0.4) is 0 Å². The van der Waals surface area contributed by atoms with Crippen LogP contribution in [0, 0.1) is 5.95 Å². The van der Waals surface area contributed by atoms with E-state index in [0.717, 1.165) is 6.07 Å². The molecule has 1 rings (SSSR count). The fraction of sp³-hybridized carbons (Fsp3) is 0.143. The van der Waals surface area contributed by atoms with E-state index < -0.39 is 17.8 Å². The summed E-state index contributed by atoms with van der Waals surface area (Å²) in [6.45, 7) is -0.435. The lowest BCUT2D eigenvalue weighted by Crippen LogP contribution is -2.06. The van der Waals surface area contributed by atoms with Gasteiger partial charge in [-0.25, -0.2) is 0 Å². The minimum Gasteiger partial charge on any atom is -0.467 e. The lowest BCUT2D eigenvalue weighted by molar-refractivity contribution is -0.113. The van der Waals surface area contributed by atoms with E-state index in [-0.39, 0.29) is 15.9 Å². The molecule has 76 valence electrons. The van der Waals surface area contributed by atoms with Crippen LogP contribution < -0.4 is 4.74 Å². The summed E-state index contributed by atoms with van der Waals surface area (Å²) in [5, 5.41) is -0.952. The van der Waals surface area contributed by atoms with E-state index in [0.29, 0.717) is 0 Å². The third-order valence-corrected chi connectivity index (χ3v) is 1.82. The fourth-order valence-electron chi connectivity index (χ4n) is 0.655. The highest BCUT2D eigenvalue weighted by Gasteiger charge is 2.10. The van der Waals surface area contributed by atoms with Crippen LogP contribution in [0.1, 0.15) is 0 Å². The number of hydrogen-bond donors (Lipinski definition) is 0. The van der Waals surface area contributed by atoms with Crippen LogP contribution >= 0.6 is 34.8 Å². The van der Waals surface area contributed by atoms with Gasteiger partial charge in [-0.3, -0.25) is 4.79 Å². The molecule has 0 amide bonds. The molecular weight excluding hydrogens is 255 g/mol. The summed E-state index contributed by atoms with van der Waals surface area (Å²) in [4.78, 5) is 13.6. The molecule has 0 unspecified atom stereocenters. The largest absolute Gasteiger partial charge is 0.467 e. The second-order valence-corrected chi connectivity index (χ2v) is 3.43. The fourth-order valence-corrected chi connectivity index (χ4v) is 1.12. The van der Waals surface area contributed by atoms with Crippen LogP contribution in [0.15, 0.2) is 6.07 Å². The van der Waals surface area contributed by atoms with E-state index in [1.807, 2.05) is 0 Å². The van der Waals surface area contributed by atoms with Crippen molar-refractivity contribution in [1.82, 2.24) is 4.98 Å². The summed E-state index contributed by atoms with van der Waals surface area (Å²) >= 11 is 16.0. The maximum absolute atomic E-state index is 12.8. The number of carbonyl (C=O) groups excluding carboxylic acids is 1. The number of hydrogen-bond acceptors (Lipinski definition) is 3. The maximum Gasteiger partial charge on any atom is 0.259 e. The van der Waals surface area contributed by atoms with Gasteiger partial charge in [-0.2, -0.15) is 9.37 Å². The summed E-state index contributed by atoms with van der Waals surface area (Å²) in [5.74, 6) is -1.14. The molecule has 0 spiro atoms. The molecule has 0 saturated carbocycles. The smallest absolute Gasteiger partial charge is 0.259 e. The van der Waals surface area contributed by atoms with Crippen molar-refractivity contribution in [1.29, 1.82) is 0 Å². The van der Waals surface area contributed by atoms with Gasteiger partial charge in [0.2, 0.25) is 11.8 Å². The number of carbonyl (C=O) groups is 1. The molecule has 0 atom stereocenters. The van der Waals surface area contributed by atoms with Crippen molar-refractivity contribution in [3.05, 3.63) is 22.1 Å². The van der Waals surface area contributed by atoms with Crippen LogP contribution in [0.4, 0.5) is 4.39 Å². The van der Waals surface area contributed by atoms with E-state index >= 15 is 0 Å². The van der Waals surface area contributed by atoms with E-state index in [1.165, 1.54) is 0 Å². The molecule has 0 aromatic carbocycles. The quantitative estimate of drug-likeness (QED) is 0.618.